The van der Waals surface area contributed by atoms with Crippen LogP contribution in [0, 0.1) is 28.5 Å². The lowest BCUT2D eigenvalue weighted by Gasteiger charge is -2.38. The molecule has 0 saturated carbocycles. The lowest BCUT2D eigenvalue weighted by Crippen LogP contribution is -2.43. The van der Waals surface area contributed by atoms with Crippen molar-refractivity contribution in [3.05, 3.63) is 47.8 Å². The predicted octanol–water partition coefficient (Wildman–Crippen LogP) is 10.8. The van der Waals surface area contributed by atoms with Gasteiger partial charge in [-0.15, -0.1) is 5.54 Å². The zero-order valence-electron chi connectivity index (χ0n) is 35.5. The predicted molar refractivity (Wildman–Crippen MR) is 222 cm³/mol. The molecule has 6 rings (SSSR count). The summed E-state index contributed by atoms with van der Waals surface area (Å²) in [6.07, 6.45) is 2.64. The van der Waals surface area contributed by atoms with E-state index < -0.39 is 54.0 Å². The van der Waals surface area contributed by atoms with E-state index in [0.29, 0.717) is 46.1 Å². The van der Waals surface area contributed by atoms with Gasteiger partial charge in [0, 0.05) is 30.1 Å². The number of nitrogens with zero attached hydrogens (tertiary/aromatic N) is 4. The molecule has 2 fully saturated rings. The number of esters is 1. The number of alkyl halides is 1. The third-order valence-electron chi connectivity index (χ3n) is 11.7. The Labute approximate surface area is 336 Å². The Morgan fingerprint density at radius 1 is 1.02 bits per heavy atom. The van der Waals surface area contributed by atoms with Crippen LogP contribution in [0.3, 0.4) is 0 Å². The molecule has 2 saturated heterocycles. The Hall–Kier alpha value is -4.21. The van der Waals surface area contributed by atoms with Gasteiger partial charge in [-0.3, -0.25) is 9.69 Å². The second-order valence-corrected chi connectivity index (χ2v) is 24.4. The first-order chi connectivity index (χ1) is 26.6. The highest BCUT2D eigenvalue weighted by Crippen LogP contribution is 2.44. The number of fused-ring (bicyclic) bond motifs is 3. The summed E-state index contributed by atoms with van der Waals surface area (Å²) >= 11 is 0. The van der Waals surface area contributed by atoms with Crippen LogP contribution in [-0.2, 0) is 4.79 Å². The van der Waals surface area contributed by atoms with Gasteiger partial charge in [0.2, 0.25) is 5.88 Å². The Bertz CT molecular complexity index is 2230. The molecule has 8 nitrogen and oxygen atoms in total. The maximum atomic E-state index is 17.5. The number of rotatable bonds is 9. The van der Waals surface area contributed by atoms with Crippen LogP contribution in [0.1, 0.15) is 108 Å². The molecule has 2 atom stereocenters. The van der Waals surface area contributed by atoms with Gasteiger partial charge in [-0.1, -0.05) is 47.5 Å². The average Bonchev–Trinajstić information content (AvgIpc) is 3.62. The number of benzene rings is 2. The van der Waals surface area contributed by atoms with Crippen molar-refractivity contribution >= 4 is 35.7 Å². The zero-order chi connectivity index (χ0) is 41.8. The highest BCUT2D eigenvalue weighted by Gasteiger charge is 2.49. The standard InChI is InChI=1S/C45H57F3N4O4Si/c1-26(2)57(27(3)4,28(5)6)19-15-35-36-29(14-17-49-35)20-31(55-41(53)43(7,8)9)21-32(36)37-34(47)22-33-39(38(37)48)50-42(51-40(33)56-44(10,11)12)54-25-45-16-13-18-52(45)24-30(46)23-45/h14,17,20-22,26-28,30H,13,16,18,23-25H2,1-12H3/t30-,45+/m1/s1. The van der Waals surface area contributed by atoms with Gasteiger partial charge in [0.05, 0.1) is 21.9 Å². The van der Waals surface area contributed by atoms with Crippen molar-refractivity contribution in [1.82, 2.24) is 19.9 Å². The molecule has 2 aromatic heterocycles. The maximum Gasteiger partial charge on any atom is 0.320 e. The molecule has 306 valence electrons. The molecule has 2 aliphatic heterocycles. The van der Waals surface area contributed by atoms with E-state index in [2.05, 4.69) is 72.9 Å². The van der Waals surface area contributed by atoms with E-state index in [-0.39, 0.29) is 40.7 Å². The molecule has 0 aliphatic carbocycles. The van der Waals surface area contributed by atoms with E-state index in [1.165, 1.54) is 6.07 Å². The minimum atomic E-state index is -2.26. The van der Waals surface area contributed by atoms with Gasteiger partial charge in [-0.05, 0) is 107 Å². The average molecular weight is 803 g/mol. The summed E-state index contributed by atoms with van der Waals surface area (Å²) < 4.78 is 67.2. The molecular formula is C45H57F3N4O4Si. The molecule has 4 aromatic rings. The van der Waals surface area contributed by atoms with Gasteiger partial charge in [-0.2, -0.15) is 9.97 Å². The minimum Gasteiger partial charge on any atom is -0.471 e. The van der Waals surface area contributed by atoms with Crippen LogP contribution in [0.25, 0.3) is 32.8 Å². The smallest absolute Gasteiger partial charge is 0.320 e. The van der Waals surface area contributed by atoms with Crippen molar-refractivity contribution in [2.75, 3.05) is 19.7 Å². The zero-order valence-corrected chi connectivity index (χ0v) is 36.5. The van der Waals surface area contributed by atoms with Crippen molar-refractivity contribution in [2.24, 2.45) is 5.41 Å². The third-order valence-corrected chi connectivity index (χ3v) is 17.9. The number of pyridine rings is 1. The molecule has 0 bridgehead atoms. The summed E-state index contributed by atoms with van der Waals surface area (Å²) in [5.41, 5.74) is 2.40. The number of hydrogen-bond acceptors (Lipinski definition) is 8. The fourth-order valence-corrected chi connectivity index (χ4v) is 14.2. The number of aromatic nitrogens is 3. The first-order valence-corrected chi connectivity index (χ1v) is 22.4. The van der Waals surface area contributed by atoms with E-state index in [1.54, 1.807) is 59.9 Å². The first kappa shape index (κ1) is 42.4. The summed E-state index contributed by atoms with van der Waals surface area (Å²) in [7, 11) is -2.26. The van der Waals surface area contributed by atoms with Crippen LogP contribution in [0.4, 0.5) is 13.2 Å². The Balaban J connectivity index is 1.60. The molecule has 0 amide bonds. The first-order valence-electron chi connectivity index (χ1n) is 20.2. The molecule has 2 aliphatic rings. The van der Waals surface area contributed by atoms with Gasteiger partial charge >= 0.3 is 12.0 Å². The highest BCUT2D eigenvalue weighted by atomic mass is 28.3. The van der Waals surface area contributed by atoms with E-state index >= 15 is 8.78 Å². The van der Waals surface area contributed by atoms with Crippen LogP contribution in [-0.4, -0.2) is 70.9 Å². The molecular weight excluding hydrogens is 746 g/mol. The second-order valence-electron chi connectivity index (χ2n) is 18.8. The summed E-state index contributed by atoms with van der Waals surface area (Å²) in [5, 5.41) is 0.969. The van der Waals surface area contributed by atoms with Gasteiger partial charge in [-0.25, -0.2) is 18.2 Å². The van der Waals surface area contributed by atoms with E-state index in [0.717, 1.165) is 25.5 Å². The number of ether oxygens (including phenoxy) is 3. The number of carbonyl (C=O) groups is 1. The van der Waals surface area contributed by atoms with Crippen LogP contribution in [0.15, 0.2) is 30.5 Å². The fourth-order valence-electron chi connectivity index (χ4n) is 8.98. The molecule has 57 heavy (non-hydrogen) atoms. The van der Waals surface area contributed by atoms with Gasteiger partial charge < -0.3 is 14.2 Å². The van der Waals surface area contributed by atoms with Crippen molar-refractivity contribution in [1.29, 1.82) is 0 Å². The lowest BCUT2D eigenvalue weighted by atomic mass is 9.94. The third kappa shape index (κ3) is 8.24. The molecule has 2 aromatic carbocycles. The highest BCUT2D eigenvalue weighted by molar-refractivity contribution is 6.90. The summed E-state index contributed by atoms with van der Waals surface area (Å²) in [6.45, 7) is 25.1. The van der Waals surface area contributed by atoms with Gasteiger partial charge in [0.25, 0.3) is 0 Å². The van der Waals surface area contributed by atoms with Crippen LogP contribution < -0.4 is 14.2 Å². The van der Waals surface area contributed by atoms with E-state index in [4.69, 9.17) is 14.2 Å². The Morgan fingerprint density at radius 2 is 1.70 bits per heavy atom. The summed E-state index contributed by atoms with van der Waals surface area (Å²) in [5.74, 6) is 1.06. The van der Waals surface area contributed by atoms with Crippen LogP contribution in [0.2, 0.25) is 16.6 Å². The maximum absolute atomic E-state index is 17.5. The van der Waals surface area contributed by atoms with E-state index in [1.807, 2.05) is 0 Å². The number of carbonyl (C=O) groups excluding carboxylic acids is 1. The lowest BCUT2D eigenvalue weighted by molar-refractivity contribution is -0.142. The minimum absolute atomic E-state index is 0.0146. The number of hydrogen-bond donors (Lipinski definition) is 0. The second kappa shape index (κ2) is 15.5. The Morgan fingerprint density at radius 3 is 2.33 bits per heavy atom. The molecule has 12 heteroatoms. The Kier molecular flexibility index (Phi) is 11.5. The quantitative estimate of drug-likeness (QED) is 0.0716. The summed E-state index contributed by atoms with van der Waals surface area (Å²) in [6, 6.07) is 5.86. The van der Waals surface area contributed by atoms with Crippen molar-refractivity contribution in [2.45, 2.75) is 136 Å². The van der Waals surface area contributed by atoms with Crippen LogP contribution >= 0.6 is 0 Å². The topological polar surface area (TPSA) is 86.7 Å². The summed E-state index contributed by atoms with van der Waals surface area (Å²) in [4.78, 5) is 29.0. The largest absolute Gasteiger partial charge is 0.471 e. The SMILES string of the molecule is CC(C)[Si](C#Cc1nccc2cc(OC(=O)C(C)(C)C)cc(-c3c(F)cc4c(OC(C)(C)C)nc(OC[C@@]56CCCN5C[C@H](F)C6)nc4c3F)c12)(C(C)C)C(C)C. The molecule has 0 radical (unpaired) electrons. The fraction of sp³-hybridized carbons (Fsp3) is 0.556. The molecule has 0 unspecified atom stereocenters. The van der Waals surface area contributed by atoms with E-state index in [9.17, 15) is 9.18 Å². The molecule has 0 spiro atoms. The van der Waals surface area contributed by atoms with Crippen molar-refractivity contribution in [3.8, 4) is 40.2 Å². The van der Waals surface area contributed by atoms with Gasteiger partial charge in [0.15, 0.2) is 5.82 Å². The molecule has 0 N–H and O–H groups in total. The van der Waals surface area contributed by atoms with Gasteiger partial charge in [0.1, 0.15) is 49.2 Å². The van der Waals surface area contributed by atoms with Crippen molar-refractivity contribution < 1.29 is 32.2 Å². The normalized spacial score (nSPS) is 19.1. The number of halogens is 3. The van der Waals surface area contributed by atoms with Crippen molar-refractivity contribution in [3.63, 3.8) is 0 Å². The monoisotopic (exact) mass is 802 g/mol. The molecule has 4 heterocycles. The van der Waals surface area contributed by atoms with Crippen LogP contribution in [0.5, 0.6) is 17.6 Å².